The zero-order chi connectivity index (χ0) is 56.4. The molecule has 14 nitrogen and oxygen atoms in total. The van der Waals surface area contributed by atoms with E-state index < -0.39 is 58.7 Å². The number of fused-ring (bicyclic) bond motifs is 13. The van der Waals surface area contributed by atoms with E-state index in [0.717, 1.165) is 49.9 Å². The van der Waals surface area contributed by atoms with Gasteiger partial charge in [-0.25, -0.2) is 0 Å². The van der Waals surface area contributed by atoms with Crippen LogP contribution in [0.2, 0.25) is 0 Å². The molecule has 5 aromatic rings. The van der Waals surface area contributed by atoms with Gasteiger partial charge in [0.15, 0.2) is 12.3 Å². The lowest BCUT2D eigenvalue weighted by molar-refractivity contribution is -0.436. The number of para-hydroxylation sites is 1. The van der Waals surface area contributed by atoms with Gasteiger partial charge >= 0.3 is 5.97 Å². The maximum absolute atomic E-state index is 14.6. The van der Waals surface area contributed by atoms with Gasteiger partial charge in [0.05, 0.1) is 11.8 Å². The summed E-state index contributed by atoms with van der Waals surface area (Å²) in [5.41, 5.74) is 6.58. The lowest BCUT2D eigenvalue weighted by Gasteiger charge is -2.39. The van der Waals surface area contributed by atoms with Gasteiger partial charge in [-0.05, 0) is 97.5 Å². The maximum Gasteiger partial charge on any atom is 0.325 e. The van der Waals surface area contributed by atoms with Gasteiger partial charge in [-0.15, -0.1) is 0 Å². The zero-order valence-electron chi connectivity index (χ0n) is 47.2. The maximum atomic E-state index is 14.6. The molecule has 5 N–H and O–H groups in total. The number of nitrogens with zero attached hydrogens (tertiary/aromatic N) is 3. The van der Waals surface area contributed by atoms with E-state index >= 15 is 0 Å². The molecule has 5 aromatic carbocycles. The number of carboxylic acid groups (broad SMARTS) is 1. The van der Waals surface area contributed by atoms with Crippen molar-refractivity contribution in [2.24, 2.45) is 0 Å². The van der Waals surface area contributed by atoms with Crippen LogP contribution in [0.3, 0.4) is 0 Å². The minimum Gasteiger partial charge on any atom is -0.480 e. The van der Waals surface area contributed by atoms with Crippen molar-refractivity contribution in [1.82, 2.24) is 21.3 Å². The number of hydrogen-bond acceptors (Lipinski definition) is 7. The predicted octanol–water partition coefficient (Wildman–Crippen LogP) is 9.91. The van der Waals surface area contributed by atoms with Gasteiger partial charge < -0.3 is 31.3 Å². The van der Waals surface area contributed by atoms with Crippen LogP contribution in [-0.4, -0.2) is 94.7 Å². The normalized spacial score (nSPS) is 20.6. The van der Waals surface area contributed by atoms with Crippen molar-refractivity contribution in [3.8, 4) is 0 Å². The lowest BCUT2D eigenvalue weighted by Crippen LogP contribution is -2.61. The average molecular weight is 1050 g/mol. The quantitative estimate of drug-likeness (QED) is 0.111. The first-order chi connectivity index (χ1) is 37.0. The molecule has 0 saturated carbocycles. The van der Waals surface area contributed by atoms with Gasteiger partial charge in [-0.2, -0.15) is 4.58 Å². The van der Waals surface area contributed by atoms with Crippen molar-refractivity contribution in [2.45, 2.75) is 150 Å². The lowest BCUT2D eigenvalue weighted by atomic mass is 9.79. The van der Waals surface area contributed by atoms with Crippen LogP contribution in [0.25, 0.3) is 21.5 Å². The number of carboxylic acids is 1. The second-order valence-corrected chi connectivity index (χ2v) is 20.2. The number of hydrogen-bond donors (Lipinski definition) is 5. The van der Waals surface area contributed by atoms with Gasteiger partial charge in [0.25, 0.3) is 5.91 Å². The van der Waals surface area contributed by atoms with Gasteiger partial charge in [0.1, 0.15) is 24.2 Å². The molecular weight excluding hydrogens is 967 g/mol. The highest BCUT2D eigenvalue weighted by Gasteiger charge is 2.47. The van der Waals surface area contributed by atoms with E-state index in [0.29, 0.717) is 24.3 Å². The largest absolute Gasteiger partial charge is 0.480 e. The van der Waals surface area contributed by atoms with Crippen molar-refractivity contribution in [2.75, 3.05) is 29.4 Å². The molecule has 77 heavy (non-hydrogen) atoms. The molecule has 0 saturated heterocycles. The Hall–Kier alpha value is -7.61. The number of nitrogens with one attached hydrogen (secondary N) is 4. The molecule has 0 spiro atoms. The number of carbonyl (C=O) groups is 6. The molecule has 4 atom stereocenters. The second kappa shape index (κ2) is 25.5. The summed E-state index contributed by atoms with van der Waals surface area (Å²) in [7, 11) is 0. The number of rotatable bonds is 3. The Labute approximate surface area is 455 Å². The zero-order valence-corrected chi connectivity index (χ0v) is 47.2. The summed E-state index contributed by atoms with van der Waals surface area (Å²) in [5.74, 6) is -3.61. The van der Waals surface area contributed by atoms with E-state index in [1.54, 1.807) is 25.1 Å². The highest BCUT2D eigenvalue weighted by atomic mass is 16.4. The van der Waals surface area contributed by atoms with Crippen LogP contribution in [-0.2, 0) is 46.0 Å². The van der Waals surface area contributed by atoms with E-state index in [4.69, 9.17) is 0 Å². The Morgan fingerprint density at radius 2 is 1.36 bits per heavy atom. The number of carbonyl (C=O) groups excluding carboxylic acids is 5. The Morgan fingerprint density at radius 1 is 0.740 bits per heavy atom. The number of aliphatic carboxylic acids is 1. The van der Waals surface area contributed by atoms with Crippen molar-refractivity contribution < 1.29 is 38.4 Å². The fraction of sp³-hybridized carbons (Fsp3) is 0.413. The fourth-order valence-electron chi connectivity index (χ4n) is 11.2. The third-order valence-electron chi connectivity index (χ3n) is 14.8. The number of amides is 5. The number of allylic oxidation sites excluding steroid dienone is 4. The molecule has 4 aliphatic heterocycles. The Morgan fingerprint density at radius 3 is 2.04 bits per heavy atom. The molecule has 0 fully saturated rings. The van der Waals surface area contributed by atoms with Crippen LogP contribution in [0, 0.1) is 0 Å². The van der Waals surface area contributed by atoms with Crippen LogP contribution < -0.4 is 31.1 Å². The van der Waals surface area contributed by atoms with Crippen LogP contribution in [0.4, 0.5) is 17.1 Å². The highest BCUT2D eigenvalue weighted by Crippen LogP contribution is 2.51. The monoisotopic (exact) mass is 1050 g/mol. The molecule has 4 aliphatic rings. The Kier molecular flexibility index (Phi) is 19.4. The predicted molar refractivity (Wildman–Crippen MR) is 310 cm³/mol. The molecule has 408 valence electrons. The van der Waals surface area contributed by atoms with Crippen molar-refractivity contribution in [3.05, 3.63) is 138 Å². The van der Waals surface area contributed by atoms with Crippen LogP contribution >= 0.6 is 0 Å². The Bertz CT molecular complexity index is 3120. The molecule has 0 aromatic heterocycles. The first-order valence-corrected chi connectivity index (χ1v) is 27.6. The summed E-state index contributed by atoms with van der Waals surface area (Å²) in [6.07, 6.45) is 7.04. The van der Waals surface area contributed by atoms with Crippen molar-refractivity contribution >= 4 is 79.8 Å². The minimum absolute atomic E-state index is 0.0543. The smallest absolute Gasteiger partial charge is 0.325 e. The van der Waals surface area contributed by atoms with E-state index in [1.807, 2.05) is 71.9 Å². The van der Waals surface area contributed by atoms with Gasteiger partial charge in [0.2, 0.25) is 29.3 Å². The second-order valence-electron chi connectivity index (χ2n) is 20.2. The van der Waals surface area contributed by atoms with Gasteiger partial charge in [0, 0.05) is 66.1 Å². The number of anilines is 2. The van der Waals surface area contributed by atoms with Gasteiger partial charge in [-0.3, -0.25) is 33.7 Å². The van der Waals surface area contributed by atoms with Crippen LogP contribution in [0.1, 0.15) is 125 Å². The molecule has 14 heteroatoms. The highest BCUT2D eigenvalue weighted by molar-refractivity contribution is 6.09. The molecule has 5 amide bonds. The molecule has 0 radical (unpaired) electrons. The minimum atomic E-state index is -1.26. The van der Waals surface area contributed by atoms with Crippen LogP contribution in [0.5, 0.6) is 0 Å². The molecule has 0 aliphatic carbocycles. The molecule has 0 unspecified atom stereocenters. The van der Waals surface area contributed by atoms with E-state index in [9.17, 15) is 33.9 Å². The summed E-state index contributed by atoms with van der Waals surface area (Å²) in [6.45, 7) is 24.6. The van der Waals surface area contributed by atoms with E-state index in [-0.39, 0.29) is 50.5 Å². The summed E-state index contributed by atoms with van der Waals surface area (Å²) in [5, 5.41) is 25.5. The van der Waals surface area contributed by atoms with Crippen molar-refractivity contribution in [1.29, 1.82) is 0 Å². The summed E-state index contributed by atoms with van der Waals surface area (Å²) in [6, 6.07) is 27.6. The van der Waals surface area contributed by atoms with Crippen molar-refractivity contribution in [3.63, 3.8) is 0 Å². The van der Waals surface area contributed by atoms with E-state index in [1.165, 1.54) is 17.4 Å². The standard InChI is InChI=1S/C57H61N7O7.3C2H6/c1-34-52(67)61-41-33-38-17-9-12-20-42(38)64(54(41)69)45(53(68)60-35(2)55(70)71)21-14-30-58-48(65)28-31-62-43-26-24-36-15-7-10-18-39(36)50(43)56(3,4)46(62)22-13-23-47-57(5,6)51-40-19-11-8-16-37(40)25-27-44(51)63(47)32-29-49(66)59-34;3*1-2/h7-13,15-20,22-27,34-35,41,45H,14,21,28-33H2,1-6H3,(H4-,58,59,60,61,65,66,67,68,70,71);3*1-2H3/p+1/t34-,35-,41+,45-;;;/m0.../s1. The third kappa shape index (κ3) is 12.0. The van der Waals surface area contributed by atoms with E-state index in [2.05, 4.69) is 125 Å². The van der Waals surface area contributed by atoms with Gasteiger partial charge in [-0.1, -0.05) is 134 Å². The Balaban J connectivity index is 0.00000155. The molecular formula is C63H80N7O7+. The third-order valence-corrected chi connectivity index (χ3v) is 14.8. The summed E-state index contributed by atoms with van der Waals surface area (Å²) >= 11 is 0. The fourth-order valence-corrected chi connectivity index (χ4v) is 11.2. The van der Waals surface area contributed by atoms with Crippen LogP contribution in [0.15, 0.2) is 121 Å². The molecule has 4 heterocycles. The average Bonchev–Trinajstić information content (AvgIpc) is 3.89. The topological polar surface area (TPSA) is 180 Å². The molecule has 2 bridgehead atoms. The first-order valence-electron chi connectivity index (χ1n) is 27.6. The first kappa shape index (κ1) is 58.6. The SMILES string of the molecule is CC.CC.CC.C[C@H](NC(=O)[C@@H]1CCCNC(=O)CC[N+]2=C(C=CC=C3N(CCC(=O)N[C@@H](C)C(=O)N[C@@H]4Cc5ccccc5N1C4=O)c1ccc4ccccc4c1C3(C)C)C(C)(C)c1c2ccc2ccccc12)C(=O)O. The molecule has 9 rings (SSSR count). The number of benzene rings is 5. The summed E-state index contributed by atoms with van der Waals surface area (Å²) < 4.78 is 2.23. The summed E-state index contributed by atoms with van der Waals surface area (Å²) in [4.78, 5) is 85.8.